The molecule has 0 heterocycles. The average molecular weight is 388 g/mol. The van der Waals surface area contributed by atoms with Gasteiger partial charge in [-0.05, 0) is 23.6 Å². The Kier molecular flexibility index (Phi) is 8.58. The van der Waals surface area contributed by atoms with E-state index in [0.717, 1.165) is 12.1 Å². The van der Waals surface area contributed by atoms with E-state index in [2.05, 4.69) is 5.32 Å². The molecule has 0 aliphatic carbocycles. The van der Waals surface area contributed by atoms with E-state index < -0.39 is 29.9 Å². The molecule has 5 nitrogen and oxygen atoms in total. The van der Waals surface area contributed by atoms with Crippen LogP contribution >= 0.6 is 0 Å². The van der Waals surface area contributed by atoms with Gasteiger partial charge < -0.3 is 16.2 Å². The molecule has 148 valence electrons. The van der Waals surface area contributed by atoms with Crippen LogP contribution in [-0.2, 0) is 22.3 Å². The molecule has 0 bridgehead atoms. The molecule has 0 aliphatic rings. The third-order valence-corrected chi connectivity index (χ3v) is 3.01. The molecule has 4 N–H and O–H groups in total. The van der Waals surface area contributed by atoms with Crippen LogP contribution in [-0.4, -0.2) is 29.2 Å². The summed E-state index contributed by atoms with van der Waals surface area (Å²) < 4.78 is 68.8. The maximum absolute atomic E-state index is 12.3. The van der Waals surface area contributed by atoms with Crippen molar-refractivity contribution in [2.75, 3.05) is 0 Å². The van der Waals surface area contributed by atoms with Crippen LogP contribution in [0.1, 0.15) is 25.0 Å². The van der Waals surface area contributed by atoms with Crippen molar-refractivity contribution in [3.63, 3.8) is 0 Å². The summed E-state index contributed by atoms with van der Waals surface area (Å²) in [5, 5.41) is 9.72. The van der Waals surface area contributed by atoms with E-state index in [1.54, 1.807) is 0 Å². The quantitative estimate of drug-likeness (QED) is 0.692. The van der Waals surface area contributed by atoms with Gasteiger partial charge in [0.05, 0.1) is 11.6 Å². The molecule has 11 heteroatoms. The number of carboxylic acid groups (broad SMARTS) is 1. The Labute approximate surface area is 145 Å². The lowest BCUT2D eigenvalue weighted by Gasteiger charge is -2.15. The number of carboxylic acids is 1. The van der Waals surface area contributed by atoms with Crippen LogP contribution in [0.15, 0.2) is 24.3 Å². The van der Waals surface area contributed by atoms with Crippen molar-refractivity contribution in [2.24, 2.45) is 11.7 Å². The second-order valence-corrected chi connectivity index (χ2v) is 5.49. The Bertz CT molecular complexity index is 597. The smallest absolute Gasteiger partial charge is 0.475 e. The molecule has 0 saturated carbocycles. The van der Waals surface area contributed by atoms with E-state index in [1.807, 2.05) is 13.8 Å². The number of hydrogen-bond acceptors (Lipinski definition) is 3. The number of benzene rings is 1. The Balaban J connectivity index is 0.000000758. The van der Waals surface area contributed by atoms with E-state index in [1.165, 1.54) is 12.1 Å². The van der Waals surface area contributed by atoms with Crippen LogP contribution in [0.4, 0.5) is 26.3 Å². The first-order valence-electron chi connectivity index (χ1n) is 7.15. The monoisotopic (exact) mass is 388 g/mol. The summed E-state index contributed by atoms with van der Waals surface area (Å²) in [4.78, 5) is 20.5. The van der Waals surface area contributed by atoms with E-state index in [9.17, 15) is 31.1 Å². The van der Waals surface area contributed by atoms with Gasteiger partial charge in [-0.2, -0.15) is 26.3 Å². The summed E-state index contributed by atoms with van der Waals surface area (Å²) in [6.45, 7) is 3.81. The summed E-state index contributed by atoms with van der Waals surface area (Å²) >= 11 is 0. The topological polar surface area (TPSA) is 92.4 Å². The molecule has 0 fully saturated rings. The lowest BCUT2D eigenvalue weighted by atomic mass is 10.0. The van der Waals surface area contributed by atoms with Gasteiger partial charge in [-0.3, -0.25) is 4.79 Å². The number of nitrogens with two attached hydrogens (primary N) is 1. The van der Waals surface area contributed by atoms with E-state index in [4.69, 9.17) is 15.6 Å². The van der Waals surface area contributed by atoms with Crippen LogP contribution in [0.25, 0.3) is 0 Å². The molecule has 1 atom stereocenters. The fourth-order valence-corrected chi connectivity index (χ4v) is 1.42. The number of halogens is 6. The van der Waals surface area contributed by atoms with Crippen molar-refractivity contribution in [3.8, 4) is 0 Å². The Morgan fingerprint density at radius 3 is 1.81 bits per heavy atom. The molecule has 1 amide bonds. The van der Waals surface area contributed by atoms with Crippen LogP contribution in [0, 0.1) is 5.92 Å². The third kappa shape index (κ3) is 8.70. The molecule has 0 unspecified atom stereocenters. The molecule has 1 rings (SSSR count). The molecule has 26 heavy (non-hydrogen) atoms. The summed E-state index contributed by atoms with van der Waals surface area (Å²) in [5.74, 6) is -3.06. The first-order valence-corrected chi connectivity index (χ1v) is 7.15. The minimum Gasteiger partial charge on any atom is -0.475 e. The number of nitrogens with one attached hydrogen (secondary N) is 1. The largest absolute Gasteiger partial charge is 0.490 e. The van der Waals surface area contributed by atoms with Crippen molar-refractivity contribution < 1.29 is 41.0 Å². The summed E-state index contributed by atoms with van der Waals surface area (Å²) in [6, 6.07) is 4.04. The van der Waals surface area contributed by atoms with Gasteiger partial charge in [0.15, 0.2) is 0 Å². The van der Waals surface area contributed by atoms with Gasteiger partial charge in [-0.25, -0.2) is 4.79 Å². The van der Waals surface area contributed by atoms with Gasteiger partial charge in [0, 0.05) is 6.54 Å². The number of hydrogen-bond donors (Lipinski definition) is 3. The molecule has 0 aliphatic heterocycles. The zero-order valence-corrected chi connectivity index (χ0v) is 13.8. The number of aliphatic carboxylic acids is 1. The van der Waals surface area contributed by atoms with E-state index in [0.29, 0.717) is 5.56 Å². The number of carbonyl (C=O) groups is 2. The van der Waals surface area contributed by atoms with Gasteiger partial charge in [0.2, 0.25) is 5.91 Å². The minimum atomic E-state index is -5.08. The highest BCUT2D eigenvalue weighted by Gasteiger charge is 2.38. The average Bonchev–Trinajstić information content (AvgIpc) is 2.51. The number of alkyl halides is 6. The first-order chi connectivity index (χ1) is 11.7. The Morgan fingerprint density at radius 2 is 1.50 bits per heavy atom. The second-order valence-electron chi connectivity index (χ2n) is 5.49. The van der Waals surface area contributed by atoms with E-state index in [-0.39, 0.29) is 18.4 Å². The van der Waals surface area contributed by atoms with Gasteiger partial charge >= 0.3 is 18.3 Å². The van der Waals surface area contributed by atoms with Crippen LogP contribution in [0.2, 0.25) is 0 Å². The lowest BCUT2D eigenvalue weighted by Crippen LogP contribution is -2.43. The minimum absolute atomic E-state index is 0.00704. The second kappa shape index (κ2) is 9.41. The normalized spacial score (nSPS) is 12.8. The fourth-order valence-electron chi connectivity index (χ4n) is 1.42. The van der Waals surface area contributed by atoms with Gasteiger partial charge in [0.1, 0.15) is 0 Å². The third-order valence-electron chi connectivity index (χ3n) is 3.01. The standard InChI is InChI=1S/C13H17F3N2O.C2HF3O2/c1-8(2)11(17)12(19)18-7-9-3-5-10(6-4-9)13(14,15)16;3-2(4,5)1(6)7/h3-6,8,11H,7,17H2,1-2H3,(H,18,19);(H,6,7)/t11-;/m0./s1. The highest BCUT2D eigenvalue weighted by Crippen LogP contribution is 2.29. The predicted octanol–water partition coefficient (Wildman–Crippen LogP) is 2.94. The maximum Gasteiger partial charge on any atom is 0.490 e. The van der Waals surface area contributed by atoms with Crippen molar-refractivity contribution in [1.29, 1.82) is 0 Å². The predicted molar refractivity (Wildman–Crippen MR) is 79.8 cm³/mol. The van der Waals surface area contributed by atoms with Crippen molar-refractivity contribution in [3.05, 3.63) is 35.4 Å². The Morgan fingerprint density at radius 1 is 1.08 bits per heavy atom. The van der Waals surface area contributed by atoms with Crippen LogP contribution in [0.3, 0.4) is 0 Å². The molecule has 0 aromatic heterocycles. The Hall–Kier alpha value is -2.30. The highest BCUT2D eigenvalue weighted by molar-refractivity contribution is 5.81. The summed E-state index contributed by atoms with van der Waals surface area (Å²) in [6.07, 6.45) is -9.43. The molecule has 0 saturated heterocycles. The SMILES string of the molecule is CC(C)[C@H](N)C(=O)NCc1ccc(C(F)(F)F)cc1.O=C(O)C(F)(F)F. The molecule has 0 spiro atoms. The molecular weight excluding hydrogens is 370 g/mol. The van der Waals surface area contributed by atoms with E-state index >= 15 is 0 Å². The van der Waals surface area contributed by atoms with Gasteiger partial charge in [0.25, 0.3) is 0 Å². The molecule has 1 aromatic rings. The fraction of sp³-hybridized carbons (Fsp3) is 0.467. The van der Waals surface area contributed by atoms with Crippen molar-refractivity contribution in [1.82, 2.24) is 5.32 Å². The number of carbonyl (C=O) groups excluding carboxylic acids is 1. The molecule has 0 radical (unpaired) electrons. The number of rotatable bonds is 4. The maximum atomic E-state index is 12.3. The highest BCUT2D eigenvalue weighted by atomic mass is 19.4. The van der Waals surface area contributed by atoms with Crippen LogP contribution < -0.4 is 11.1 Å². The van der Waals surface area contributed by atoms with Crippen molar-refractivity contribution in [2.45, 2.75) is 38.8 Å². The summed E-state index contributed by atoms with van der Waals surface area (Å²) in [7, 11) is 0. The first kappa shape index (κ1) is 23.7. The van der Waals surface area contributed by atoms with Crippen LogP contribution in [0.5, 0.6) is 0 Å². The summed E-state index contributed by atoms with van der Waals surface area (Å²) in [5.41, 5.74) is 5.53. The van der Waals surface area contributed by atoms with Gasteiger partial charge in [-0.1, -0.05) is 26.0 Å². The molecule has 1 aromatic carbocycles. The number of amides is 1. The zero-order chi connectivity index (χ0) is 20.7. The lowest BCUT2D eigenvalue weighted by molar-refractivity contribution is -0.192. The molecular formula is C15H18F6N2O3. The van der Waals surface area contributed by atoms with Crippen molar-refractivity contribution >= 4 is 11.9 Å². The zero-order valence-electron chi connectivity index (χ0n) is 13.8. The van der Waals surface area contributed by atoms with Gasteiger partial charge in [-0.15, -0.1) is 0 Å².